The minimum absolute atomic E-state index is 0.904. The summed E-state index contributed by atoms with van der Waals surface area (Å²) in [4.78, 5) is 0. The lowest BCUT2D eigenvalue weighted by atomic mass is 9.83. The molecule has 1 N–H and O–H groups in total. The molecule has 2 atom stereocenters. The summed E-state index contributed by atoms with van der Waals surface area (Å²) >= 11 is 0. The van der Waals surface area contributed by atoms with Crippen LogP contribution < -0.4 is 5.32 Å². The minimum Gasteiger partial charge on any atom is -0.319 e. The predicted octanol–water partition coefficient (Wildman–Crippen LogP) is 4.04. The summed E-state index contributed by atoms with van der Waals surface area (Å²) in [6.07, 6.45) is 9.83. The molecule has 0 spiro atoms. The van der Waals surface area contributed by atoms with Crippen molar-refractivity contribution in [3.63, 3.8) is 0 Å². The maximum Gasteiger partial charge on any atom is -0.00209 e. The summed E-state index contributed by atoms with van der Waals surface area (Å²) in [6.45, 7) is 1.21. The second-order valence-corrected chi connectivity index (χ2v) is 5.74. The van der Waals surface area contributed by atoms with E-state index in [1.165, 1.54) is 57.1 Å². The van der Waals surface area contributed by atoms with Crippen molar-refractivity contribution in [3.8, 4) is 0 Å². The van der Waals surface area contributed by atoms with Crippen LogP contribution in [0.2, 0.25) is 0 Å². The van der Waals surface area contributed by atoms with Crippen molar-refractivity contribution in [3.05, 3.63) is 35.9 Å². The number of nitrogens with one attached hydrogen (secondary N) is 1. The first-order valence-electron chi connectivity index (χ1n) is 7.58. The quantitative estimate of drug-likeness (QED) is 0.772. The molecule has 0 saturated heterocycles. The summed E-state index contributed by atoms with van der Waals surface area (Å²) in [7, 11) is 2.10. The van der Waals surface area contributed by atoms with Crippen LogP contribution in [0.5, 0.6) is 0 Å². The third kappa shape index (κ3) is 4.13. The number of aryl methyl sites for hydroxylation is 1. The van der Waals surface area contributed by atoms with Crippen molar-refractivity contribution < 1.29 is 0 Å². The van der Waals surface area contributed by atoms with Gasteiger partial charge in [0, 0.05) is 0 Å². The van der Waals surface area contributed by atoms with E-state index in [4.69, 9.17) is 0 Å². The van der Waals surface area contributed by atoms with Crippen LogP contribution in [0.15, 0.2) is 30.3 Å². The summed E-state index contributed by atoms with van der Waals surface area (Å²) in [6, 6.07) is 11.0. The van der Waals surface area contributed by atoms with Crippen molar-refractivity contribution in [2.75, 3.05) is 13.6 Å². The Balaban J connectivity index is 1.88. The average Bonchev–Trinajstić information content (AvgIpc) is 2.64. The smallest absolute Gasteiger partial charge is 0.00209 e. The number of hydrogen-bond acceptors (Lipinski definition) is 1. The van der Waals surface area contributed by atoms with Gasteiger partial charge in [0.15, 0.2) is 0 Å². The average molecular weight is 245 g/mol. The van der Waals surface area contributed by atoms with Gasteiger partial charge in [-0.2, -0.15) is 0 Å². The van der Waals surface area contributed by atoms with E-state index in [0.717, 1.165) is 11.8 Å². The molecule has 100 valence electrons. The molecule has 2 rings (SSSR count). The predicted molar refractivity (Wildman–Crippen MR) is 78.8 cm³/mol. The van der Waals surface area contributed by atoms with Gasteiger partial charge in [0.25, 0.3) is 0 Å². The second kappa shape index (κ2) is 7.58. The molecule has 1 fully saturated rings. The fourth-order valence-electron chi connectivity index (χ4n) is 3.37. The minimum atomic E-state index is 0.904. The molecule has 0 bridgehead atoms. The molecule has 0 aliphatic heterocycles. The molecule has 1 aromatic rings. The van der Waals surface area contributed by atoms with Gasteiger partial charge >= 0.3 is 0 Å². The third-order valence-electron chi connectivity index (χ3n) is 4.43. The van der Waals surface area contributed by atoms with Crippen LogP contribution in [-0.2, 0) is 6.42 Å². The van der Waals surface area contributed by atoms with Crippen molar-refractivity contribution in [1.29, 1.82) is 0 Å². The van der Waals surface area contributed by atoms with Gasteiger partial charge in [-0.1, -0.05) is 56.0 Å². The summed E-state index contributed by atoms with van der Waals surface area (Å²) in [5.74, 6) is 1.83. The first-order valence-corrected chi connectivity index (χ1v) is 7.58. The summed E-state index contributed by atoms with van der Waals surface area (Å²) < 4.78 is 0. The van der Waals surface area contributed by atoms with Crippen molar-refractivity contribution in [1.82, 2.24) is 5.32 Å². The summed E-state index contributed by atoms with van der Waals surface area (Å²) in [5.41, 5.74) is 1.50. The Hall–Kier alpha value is -0.820. The lowest BCUT2D eigenvalue weighted by molar-refractivity contribution is 0.289. The maximum absolute atomic E-state index is 3.39. The Morgan fingerprint density at radius 1 is 1.00 bits per heavy atom. The molecule has 0 radical (unpaired) electrons. The molecule has 1 heteroatoms. The van der Waals surface area contributed by atoms with Crippen LogP contribution >= 0.6 is 0 Å². The van der Waals surface area contributed by atoms with E-state index >= 15 is 0 Å². The Morgan fingerprint density at radius 3 is 2.44 bits per heavy atom. The Morgan fingerprint density at radius 2 is 1.72 bits per heavy atom. The Labute approximate surface area is 112 Å². The molecular weight excluding hydrogens is 218 g/mol. The molecule has 1 saturated carbocycles. The van der Waals surface area contributed by atoms with Gasteiger partial charge in [0.05, 0.1) is 0 Å². The van der Waals surface area contributed by atoms with E-state index in [9.17, 15) is 0 Å². The normalized spacial score (nSPS) is 24.7. The molecule has 1 aliphatic rings. The van der Waals surface area contributed by atoms with E-state index in [1.807, 2.05) is 0 Å². The zero-order chi connectivity index (χ0) is 12.6. The van der Waals surface area contributed by atoms with Crippen LogP contribution in [0.4, 0.5) is 0 Å². The van der Waals surface area contributed by atoms with Gasteiger partial charge < -0.3 is 5.32 Å². The number of hydrogen-bond donors (Lipinski definition) is 1. The number of rotatable bonds is 5. The highest BCUT2D eigenvalue weighted by Crippen LogP contribution is 2.31. The van der Waals surface area contributed by atoms with E-state index in [1.54, 1.807) is 0 Å². The van der Waals surface area contributed by atoms with E-state index in [2.05, 4.69) is 42.7 Å². The Kier molecular flexibility index (Phi) is 5.73. The molecule has 0 aromatic heterocycles. The van der Waals surface area contributed by atoms with Gasteiger partial charge in [0.1, 0.15) is 0 Å². The molecule has 0 heterocycles. The monoisotopic (exact) mass is 245 g/mol. The molecular formula is C17H27N. The molecule has 0 amide bonds. The first kappa shape index (κ1) is 13.6. The van der Waals surface area contributed by atoms with Gasteiger partial charge in [-0.15, -0.1) is 0 Å². The van der Waals surface area contributed by atoms with Crippen LogP contribution in [0.25, 0.3) is 0 Å². The molecule has 2 unspecified atom stereocenters. The van der Waals surface area contributed by atoms with Gasteiger partial charge in [-0.25, -0.2) is 0 Å². The molecule has 18 heavy (non-hydrogen) atoms. The van der Waals surface area contributed by atoms with Gasteiger partial charge in [-0.05, 0) is 50.3 Å². The third-order valence-corrected chi connectivity index (χ3v) is 4.43. The molecule has 1 aliphatic carbocycles. The first-order chi connectivity index (χ1) is 8.90. The van der Waals surface area contributed by atoms with Crippen molar-refractivity contribution >= 4 is 0 Å². The highest BCUT2D eigenvalue weighted by molar-refractivity contribution is 5.14. The molecule has 1 nitrogen and oxygen atoms in total. The lowest BCUT2D eigenvalue weighted by Gasteiger charge is -2.25. The van der Waals surface area contributed by atoms with Gasteiger partial charge in [0.2, 0.25) is 0 Å². The van der Waals surface area contributed by atoms with E-state index in [-0.39, 0.29) is 0 Å². The van der Waals surface area contributed by atoms with Crippen LogP contribution in [0, 0.1) is 11.8 Å². The highest BCUT2D eigenvalue weighted by atomic mass is 14.8. The van der Waals surface area contributed by atoms with E-state index < -0.39 is 0 Å². The SMILES string of the molecule is CNCC1CCCCCC1CCc1ccccc1. The largest absolute Gasteiger partial charge is 0.319 e. The number of benzene rings is 1. The zero-order valence-electron chi connectivity index (χ0n) is 11.7. The van der Waals surface area contributed by atoms with Crippen LogP contribution in [-0.4, -0.2) is 13.6 Å². The standard InChI is InChI=1S/C17H27N/c1-18-14-17-11-7-3-6-10-16(17)13-12-15-8-4-2-5-9-15/h2,4-5,8-9,16-18H,3,6-7,10-14H2,1H3. The van der Waals surface area contributed by atoms with E-state index in [0.29, 0.717) is 0 Å². The highest BCUT2D eigenvalue weighted by Gasteiger charge is 2.22. The van der Waals surface area contributed by atoms with Gasteiger partial charge in [-0.3, -0.25) is 0 Å². The molecule has 1 aromatic carbocycles. The van der Waals surface area contributed by atoms with Crippen LogP contribution in [0.1, 0.15) is 44.1 Å². The fourth-order valence-corrected chi connectivity index (χ4v) is 3.37. The van der Waals surface area contributed by atoms with Crippen molar-refractivity contribution in [2.24, 2.45) is 11.8 Å². The summed E-state index contributed by atoms with van der Waals surface area (Å²) in [5, 5.41) is 3.39. The fraction of sp³-hybridized carbons (Fsp3) is 0.647. The lowest BCUT2D eigenvalue weighted by Crippen LogP contribution is -2.25. The van der Waals surface area contributed by atoms with Crippen LogP contribution in [0.3, 0.4) is 0 Å². The zero-order valence-corrected chi connectivity index (χ0v) is 11.7. The topological polar surface area (TPSA) is 12.0 Å². The van der Waals surface area contributed by atoms with Crippen molar-refractivity contribution in [2.45, 2.75) is 44.9 Å². The maximum atomic E-state index is 3.39. The Bertz CT molecular complexity index is 320. The second-order valence-electron chi connectivity index (χ2n) is 5.74.